The van der Waals surface area contributed by atoms with Crippen LogP contribution in [-0.4, -0.2) is 37.1 Å². The standard InChI is InChI=1S/C17H20N2O6/c1-9-13(16(20)24-3)15(14(10(2)18-9)17(21)25-4)11-6-5-7-12(8-11)19(22)23/h5-9,13,15,18H,1-4H3. The molecule has 0 saturated heterocycles. The summed E-state index contributed by atoms with van der Waals surface area (Å²) in [5, 5.41) is 14.2. The summed E-state index contributed by atoms with van der Waals surface area (Å²) < 4.78 is 9.76. The largest absolute Gasteiger partial charge is 0.469 e. The summed E-state index contributed by atoms with van der Waals surface area (Å²) in [5.74, 6) is -2.55. The van der Waals surface area contributed by atoms with Crippen molar-refractivity contribution in [3.05, 3.63) is 51.2 Å². The highest BCUT2D eigenvalue weighted by atomic mass is 16.6. The maximum absolute atomic E-state index is 12.4. The molecule has 1 aliphatic heterocycles. The first-order valence-electron chi connectivity index (χ1n) is 7.69. The second-order valence-electron chi connectivity index (χ2n) is 5.84. The van der Waals surface area contributed by atoms with Gasteiger partial charge in [-0.3, -0.25) is 14.9 Å². The number of hydrogen-bond acceptors (Lipinski definition) is 7. The van der Waals surface area contributed by atoms with E-state index in [-0.39, 0.29) is 17.3 Å². The van der Waals surface area contributed by atoms with E-state index in [1.807, 2.05) is 0 Å². The Labute approximate surface area is 145 Å². The molecule has 0 radical (unpaired) electrons. The number of allylic oxidation sites excluding steroid dienone is 1. The van der Waals surface area contributed by atoms with Crippen LogP contribution in [0.2, 0.25) is 0 Å². The Bertz CT molecular complexity index is 742. The fraction of sp³-hybridized carbons (Fsp3) is 0.412. The molecule has 25 heavy (non-hydrogen) atoms. The van der Waals surface area contributed by atoms with Crippen molar-refractivity contribution in [3.63, 3.8) is 0 Å². The van der Waals surface area contributed by atoms with Gasteiger partial charge in [-0.1, -0.05) is 12.1 Å². The molecule has 0 bridgehead atoms. The van der Waals surface area contributed by atoms with Gasteiger partial charge in [-0.15, -0.1) is 0 Å². The van der Waals surface area contributed by atoms with Crippen LogP contribution < -0.4 is 5.32 Å². The molecule has 3 unspecified atom stereocenters. The predicted molar refractivity (Wildman–Crippen MR) is 88.7 cm³/mol. The van der Waals surface area contributed by atoms with Crippen LogP contribution in [0.4, 0.5) is 5.69 Å². The van der Waals surface area contributed by atoms with Crippen molar-refractivity contribution in [2.75, 3.05) is 14.2 Å². The van der Waals surface area contributed by atoms with Crippen molar-refractivity contribution in [2.45, 2.75) is 25.8 Å². The first kappa shape index (κ1) is 18.4. The summed E-state index contributed by atoms with van der Waals surface area (Å²) in [6.45, 7) is 3.50. The highest BCUT2D eigenvalue weighted by Gasteiger charge is 2.44. The van der Waals surface area contributed by atoms with Gasteiger partial charge in [0.2, 0.25) is 0 Å². The third kappa shape index (κ3) is 3.47. The maximum atomic E-state index is 12.4. The van der Waals surface area contributed by atoms with Crippen LogP contribution in [0.15, 0.2) is 35.5 Å². The average molecular weight is 348 g/mol. The number of nitrogens with one attached hydrogen (secondary N) is 1. The van der Waals surface area contributed by atoms with Crippen LogP contribution in [-0.2, 0) is 19.1 Å². The smallest absolute Gasteiger partial charge is 0.336 e. The Morgan fingerprint density at radius 3 is 2.48 bits per heavy atom. The van der Waals surface area contributed by atoms with Gasteiger partial charge in [-0.05, 0) is 19.4 Å². The number of carbonyl (C=O) groups excluding carboxylic acids is 2. The Kier molecular flexibility index (Phi) is 5.41. The number of rotatable bonds is 4. The third-order valence-electron chi connectivity index (χ3n) is 4.38. The molecule has 1 aromatic carbocycles. The fourth-order valence-electron chi connectivity index (χ4n) is 3.28. The summed E-state index contributed by atoms with van der Waals surface area (Å²) in [7, 11) is 2.51. The topological polar surface area (TPSA) is 108 Å². The van der Waals surface area contributed by atoms with E-state index >= 15 is 0 Å². The molecule has 0 saturated carbocycles. The van der Waals surface area contributed by atoms with E-state index in [0.29, 0.717) is 11.3 Å². The lowest BCUT2D eigenvalue weighted by Gasteiger charge is -2.37. The van der Waals surface area contributed by atoms with Crippen molar-refractivity contribution in [2.24, 2.45) is 5.92 Å². The normalized spacial score (nSPS) is 22.8. The molecule has 0 amide bonds. The van der Waals surface area contributed by atoms with Gasteiger partial charge in [-0.2, -0.15) is 0 Å². The first-order valence-corrected chi connectivity index (χ1v) is 7.69. The third-order valence-corrected chi connectivity index (χ3v) is 4.38. The van der Waals surface area contributed by atoms with Gasteiger partial charge < -0.3 is 14.8 Å². The maximum Gasteiger partial charge on any atom is 0.336 e. The molecule has 1 N–H and O–H groups in total. The monoisotopic (exact) mass is 348 g/mol. The Balaban J connectivity index is 2.68. The molecule has 0 aliphatic carbocycles. The molecule has 0 spiro atoms. The van der Waals surface area contributed by atoms with Crippen LogP contribution in [0.1, 0.15) is 25.3 Å². The van der Waals surface area contributed by atoms with Crippen LogP contribution in [0.5, 0.6) is 0 Å². The van der Waals surface area contributed by atoms with Crippen molar-refractivity contribution in [1.29, 1.82) is 0 Å². The molecule has 3 atom stereocenters. The zero-order valence-corrected chi connectivity index (χ0v) is 14.4. The molecule has 8 heteroatoms. The number of non-ortho nitro benzene ring substituents is 1. The van der Waals surface area contributed by atoms with E-state index in [1.165, 1.54) is 32.4 Å². The van der Waals surface area contributed by atoms with Crippen molar-refractivity contribution < 1.29 is 24.0 Å². The molecule has 1 aliphatic rings. The number of esters is 2. The number of carbonyl (C=O) groups is 2. The number of hydrogen-bond donors (Lipinski definition) is 1. The molecule has 1 aromatic rings. The molecular formula is C17H20N2O6. The number of nitro benzene ring substituents is 1. The Morgan fingerprint density at radius 2 is 1.92 bits per heavy atom. The Hall–Kier alpha value is -2.90. The molecular weight excluding hydrogens is 328 g/mol. The number of benzene rings is 1. The molecule has 134 valence electrons. The van der Waals surface area contributed by atoms with E-state index in [1.54, 1.807) is 19.9 Å². The van der Waals surface area contributed by atoms with Gasteiger partial charge in [0.1, 0.15) is 0 Å². The molecule has 0 fully saturated rings. The lowest BCUT2D eigenvalue weighted by atomic mass is 9.73. The quantitative estimate of drug-likeness (QED) is 0.503. The number of nitro groups is 1. The van der Waals surface area contributed by atoms with Crippen molar-refractivity contribution >= 4 is 17.6 Å². The van der Waals surface area contributed by atoms with E-state index in [4.69, 9.17) is 9.47 Å². The predicted octanol–water partition coefficient (Wildman–Crippen LogP) is 1.91. The number of methoxy groups -OCH3 is 2. The van der Waals surface area contributed by atoms with E-state index < -0.39 is 28.7 Å². The molecule has 1 heterocycles. The highest BCUT2D eigenvalue weighted by Crippen LogP contribution is 2.40. The minimum absolute atomic E-state index is 0.117. The van der Waals surface area contributed by atoms with Gasteiger partial charge in [0.25, 0.3) is 5.69 Å². The van der Waals surface area contributed by atoms with Gasteiger partial charge in [0, 0.05) is 29.8 Å². The van der Waals surface area contributed by atoms with Crippen LogP contribution >= 0.6 is 0 Å². The fourth-order valence-corrected chi connectivity index (χ4v) is 3.28. The zero-order valence-electron chi connectivity index (χ0n) is 14.4. The zero-order chi connectivity index (χ0) is 18.7. The van der Waals surface area contributed by atoms with Gasteiger partial charge in [-0.25, -0.2) is 4.79 Å². The second-order valence-corrected chi connectivity index (χ2v) is 5.84. The van der Waals surface area contributed by atoms with Crippen LogP contribution in [0.25, 0.3) is 0 Å². The van der Waals surface area contributed by atoms with E-state index in [2.05, 4.69) is 5.32 Å². The minimum Gasteiger partial charge on any atom is -0.469 e. The SMILES string of the molecule is COC(=O)C1=C(C)NC(C)C(C(=O)OC)C1c1cccc([N+](=O)[O-])c1. The first-order chi connectivity index (χ1) is 11.8. The van der Waals surface area contributed by atoms with Gasteiger partial charge in [0.15, 0.2) is 0 Å². The average Bonchev–Trinajstić information content (AvgIpc) is 2.59. The van der Waals surface area contributed by atoms with E-state index in [9.17, 15) is 19.7 Å². The molecule has 8 nitrogen and oxygen atoms in total. The minimum atomic E-state index is -0.732. The Morgan fingerprint density at radius 1 is 1.24 bits per heavy atom. The van der Waals surface area contributed by atoms with E-state index in [0.717, 1.165) is 0 Å². The number of ether oxygens (including phenoxy) is 2. The summed E-state index contributed by atoms with van der Waals surface area (Å²) in [6.07, 6.45) is 0. The molecule has 0 aromatic heterocycles. The van der Waals surface area contributed by atoms with Gasteiger partial charge >= 0.3 is 11.9 Å². The van der Waals surface area contributed by atoms with Crippen molar-refractivity contribution in [1.82, 2.24) is 5.32 Å². The lowest BCUT2D eigenvalue weighted by Crippen LogP contribution is -2.47. The van der Waals surface area contributed by atoms with Crippen molar-refractivity contribution in [3.8, 4) is 0 Å². The summed E-state index contributed by atoms with van der Waals surface area (Å²) in [6, 6.07) is 5.58. The van der Waals surface area contributed by atoms with Gasteiger partial charge in [0.05, 0.1) is 30.6 Å². The number of nitrogens with zero attached hydrogens (tertiary/aromatic N) is 1. The molecule has 2 rings (SSSR count). The summed E-state index contributed by atoms with van der Waals surface area (Å²) in [5.41, 5.74) is 1.19. The van der Waals surface area contributed by atoms with Crippen LogP contribution in [0, 0.1) is 16.0 Å². The highest BCUT2D eigenvalue weighted by molar-refractivity contribution is 5.93. The lowest BCUT2D eigenvalue weighted by molar-refractivity contribution is -0.384. The summed E-state index contributed by atoms with van der Waals surface area (Å²) in [4.78, 5) is 35.3. The second kappa shape index (κ2) is 7.33. The van der Waals surface area contributed by atoms with Crippen LogP contribution in [0.3, 0.4) is 0 Å². The summed E-state index contributed by atoms with van der Waals surface area (Å²) >= 11 is 0.